The summed E-state index contributed by atoms with van der Waals surface area (Å²) in [5.74, 6) is 0.468. The van der Waals surface area contributed by atoms with Crippen LogP contribution in [0.4, 0.5) is 10.2 Å². The van der Waals surface area contributed by atoms with Crippen molar-refractivity contribution in [2.24, 2.45) is 5.10 Å². The van der Waals surface area contributed by atoms with E-state index in [-0.39, 0.29) is 5.82 Å². The van der Waals surface area contributed by atoms with Gasteiger partial charge in [-0.1, -0.05) is 54.2 Å². The molecule has 32 heavy (non-hydrogen) atoms. The number of nitrogens with zero attached hydrogens (tertiary/aromatic N) is 4. The van der Waals surface area contributed by atoms with Crippen molar-refractivity contribution in [1.82, 2.24) is 14.9 Å². The SMILES string of the molecule is CSc1nc(N/N=C/c2ccc(F)cc2)c2c3c(sc2n1)CN(Cc1ccccc1)CC3. The predicted molar refractivity (Wildman–Crippen MR) is 131 cm³/mol. The highest BCUT2D eigenvalue weighted by molar-refractivity contribution is 7.98. The maximum Gasteiger partial charge on any atom is 0.190 e. The van der Waals surface area contributed by atoms with Crippen LogP contribution >= 0.6 is 23.1 Å². The van der Waals surface area contributed by atoms with Crippen LogP contribution < -0.4 is 5.43 Å². The van der Waals surface area contributed by atoms with Gasteiger partial charge in [0.2, 0.25) is 0 Å². The Morgan fingerprint density at radius 3 is 2.75 bits per heavy atom. The number of aromatic nitrogens is 2. The van der Waals surface area contributed by atoms with Crippen molar-refractivity contribution in [3.8, 4) is 0 Å². The predicted octanol–water partition coefficient (Wildman–Crippen LogP) is 5.56. The standard InChI is InChI=1S/C24H22FN5S2/c1-31-24-27-22(29-26-13-16-7-9-18(25)10-8-16)21-19-11-12-30(14-17-5-3-2-4-6-17)15-20(19)32-23(21)28-24/h2-10,13H,11-12,14-15H2,1H3,(H,27,28,29)/b26-13+. The highest BCUT2D eigenvalue weighted by Crippen LogP contribution is 2.38. The molecule has 162 valence electrons. The Labute approximate surface area is 194 Å². The minimum atomic E-state index is -0.261. The topological polar surface area (TPSA) is 53.4 Å². The molecule has 2 aromatic carbocycles. The first-order valence-electron chi connectivity index (χ1n) is 10.4. The summed E-state index contributed by atoms with van der Waals surface area (Å²) >= 11 is 3.27. The molecular formula is C24H22FN5S2. The number of fused-ring (bicyclic) bond motifs is 3. The lowest BCUT2D eigenvalue weighted by atomic mass is 10.0. The van der Waals surface area contributed by atoms with E-state index < -0.39 is 0 Å². The van der Waals surface area contributed by atoms with Gasteiger partial charge < -0.3 is 0 Å². The zero-order valence-corrected chi connectivity index (χ0v) is 19.2. The Morgan fingerprint density at radius 1 is 1.16 bits per heavy atom. The van der Waals surface area contributed by atoms with E-state index in [9.17, 15) is 4.39 Å². The Hall–Kier alpha value is -2.81. The Morgan fingerprint density at radius 2 is 1.97 bits per heavy atom. The van der Waals surface area contributed by atoms with Crippen LogP contribution in [0.3, 0.4) is 0 Å². The van der Waals surface area contributed by atoms with Crippen LogP contribution in [0.2, 0.25) is 0 Å². The molecule has 4 aromatic rings. The number of hydrogen-bond acceptors (Lipinski definition) is 7. The summed E-state index contributed by atoms with van der Waals surface area (Å²) in [5, 5.41) is 6.15. The summed E-state index contributed by atoms with van der Waals surface area (Å²) < 4.78 is 13.1. The molecule has 0 radical (unpaired) electrons. The van der Waals surface area contributed by atoms with Crippen LogP contribution in [-0.4, -0.2) is 33.9 Å². The molecule has 1 N–H and O–H groups in total. The van der Waals surface area contributed by atoms with Crippen molar-refractivity contribution in [3.63, 3.8) is 0 Å². The highest BCUT2D eigenvalue weighted by atomic mass is 32.2. The molecular weight excluding hydrogens is 441 g/mol. The quantitative estimate of drug-likeness (QED) is 0.176. The third-order valence-corrected chi connectivity index (χ3v) is 7.10. The Bertz CT molecular complexity index is 1260. The van der Waals surface area contributed by atoms with E-state index in [2.05, 4.69) is 45.8 Å². The number of anilines is 1. The molecule has 5 nitrogen and oxygen atoms in total. The van der Waals surface area contributed by atoms with E-state index in [1.165, 1.54) is 39.9 Å². The maximum absolute atomic E-state index is 13.1. The van der Waals surface area contributed by atoms with Crippen LogP contribution in [0, 0.1) is 5.82 Å². The van der Waals surface area contributed by atoms with E-state index in [0.717, 1.165) is 52.8 Å². The molecule has 0 atom stereocenters. The number of thioether (sulfide) groups is 1. The molecule has 5 rings (SSSR count). The summed E-state index contributed by atoms with van der Waals surface area (Å²) in [6.45, 7) is 2.86. The molecule has 3 heterocycles. The minimum Gasteiger partial charge on any atom is -0.294 e. The van der Waals surface area contributed by atoms with Gasteiger partial charge in [-0.2, -0.15) is 5.10 Å². The molecule has 0 unspecified atom stereocenters. The van der Waals surface area contributed by atoms with Crippen LogP contribution in [0.25, 0.3) is 10.2 Å². The van der Waals surface area contributed by atoms with Crippen LogP contribution in [0.5, 0.6) is 0 Å². The summed E-state index contributed by atoms with van der Waals surface area (Å²) in [6.07, 6.45) is 4.61. The molecule has 1 aliphatic rings. The second-order valence-corrected chi connectivity index (χ2v) is 9.47. The molecule has 2 aromatic heterocycles. The maximum atomic E-state index is 13.1. The third-order valence-electron chi connectivity index (χ3n) is 5.44. The number of benzene rings is 2. The molecule has 0 fully saturated rings. The second-order valence-electron chi connectivity index (χ2n) is 7.61. The number of hydrogen-bond donors (Lipinski definition) is 1. The van der Waals surface area contributed by atoms with E-state index in [0.29, 0.717) is 0 Å². The number of nitrogens with one attached hydrogen (secondary N) is 1. The zero-order chi connectivity index (χ0) is 21.9. The second kappa shape index (κ2) is 9.36. The summed E-state index contributed by atoms with van der Waals surface area (Å²) in [4.78, 5) is 14.3. The van der Waals surface area contributed by atoms with Gasteiger partial charge in [0.1, 0.15) is 10.6 Å². The van der Waals surface area contributed by atoms with Gasteiger partial charge in [-0.15, -0.1) is 11.3 Å². The van der Waals surface area contributed by atoms with Crippen molar-refractivity contribution < 1.29 is 4.39 Å². The van der Waals surface area contributed by atoms with E-state index >= 15 is 0 Å². The van der Waals surface area contributed by atoms with Gasteiger partial charge in [0, 0.05) is 24.5 Å². The van der Waals surface area contributed by atoms with Crippen LogP contribution in [0.1, 0.15) is 21.6 Å². The number of hydrazone groups is 1. The summed E-state index contributed by atoms with van der Waals surface area (Å²) in [7, 11) is 0. The molecule has 0 saturated heterocycles. The number of thiophene rings is 1. The summed E-state index contributed by atoms with van der Waals surface area (Å²) in [5.41, 5.74) is 6.59. The zero-order valence-electron chi connectivity index (χ0n) is 17.6. The normalized spacial score (nSPS) is 14.2. The molecule has 8 heteroatoms. The average molecular weight is 464 g/mol. The lowest BCUT2D eigenvalue weighted by molar-refractivity contribution is 0.249. The van der Waals surface area contributed by atoms with E-state index in [4.69, 9.17) is 9.97 Å². The lowest BCUT2D eigenvalue weighted by Gasteiger charge is -2.26. The molecule has 1 aliphatic heterocycles. The monoisotopic (exact) mass is 463 g/mol. The van der Waals surface area contributed by atoms with E-state index in [1.807, 2.05) is 6.26 Å². The average Bonchev–Trinajstić information content (AvgIpc) is 3.18. The van der Waals surface area contributed by atoms with Crippen molar-refractivity contribution in [1.29, 1.82) is 0 Å². The first-order valence-corrected chi connectivity index (χ1v) is 12.4. The Balaban J connectivity index is 1.42. The van der Waals surface area contributed by atoms with Crippen LogP contribution in [-0.2, 0) is 19.5 Å². The molecule has 0 saturated carbocycles. The van der Waals surface area contributed by atoms with Crippen LogP contribution in [0.15, 0.2) is 64.9 Å². The van der Waals surface area contributed by atoms with Crippen molar-refractivity contribution >= 4 is 45.3 Å². The fourth-order valence-electron chi connectivity index (χ4n) is 3.89. The lowest BCUT2D eigenvalue weighted by Crippen LogP contribution is -2.29. The van der Waals surface area contributed by atoms with Gasteiger partial charge in [0.15, 0.2) is 11.0 Å². The largest absolute Gasteiger partial charge is 0.294 e. The smallest absolute Gasteiger partial charge is 0.190 e. The fraction of sp³-hybridized carbons (Fsp3) is 0.208. The van der Waals surface area contributed by atoms with Crippen molar-refractivity contribution in [2.45, 2.75) is 24.7 Å². The fourth-order valence-corrected chi connectivity index (χ4v) is 5.58. The van der Waals surface area contributed by atoms with Gasteiger partial charge in [-0.25, -0.2) is 14.4 Å². The number of rotatable bonds is 6. The third kappa shape index (κ3) is 4.53. The highest BCUT2D eigenvalue weighted by Gasteiger charge is 2.24. The molecule has 0 spiro atoms. The summed E-state index contributed by atoms with van der Waals surface area (Å²) in [6, 6.07) is 16.8. The molecule has 0 bridgehead atoms. The van der Waals surface area contributed by atoms with E-state index in [1.54, 1.807) is 29.7 Å². The van der Waals surface area contributed by atoms with Gasteiger partial charge >= 0.3 is 0 Å². The minimum absolute atomic E-state index is 0.261. The van der Waals surface area contributed by atoms with Gasteiger partial charge in [-0.3, -0.25) is 10.3 Å². The number of halogens is 1. The van der Waals surface area contributed by atoms with Crippen molar-refractivity contribution in [3.05, 3.63) is 82.0 Å². The first-order chi connectivity index (χ1) is 15.7. The molecule has 0 aliphatic carbocycles. The molecule has 0 amide bonds. The van der Waals surface area contributed by atoms with Crippen molar-refractivity contribution in [2.75, 3.05) is 18.2 Å². The first kappa shape index (κ1) is 21.1. The van der Waals surface area contributed by atoms with Gasteiger partial charge in [-0.05, 0) is 41.5 Å². The van der Waals surface area contributed by atoms with Gasteiger partial charge in [0.25, 0.3) is 0 Å². The van der Waals surface area contributed by atoms with Gasteiger partial charge in [0.05, 0.1) is 11.6 Å². The Kier molecular flexibility index (Phi) is 6.16.